The largest absolute Gasteiger partial charge is 0.469 e. The molecule has 1 aliphatic rings. The van der Waals surface area contributed by atoms with Crippen LogP contribution in [0, 0.1) is 11.6 Å². The minimum Gasteiger partial charge on any atom is -0.469 e. The Labute approximate surface area is 188 Å². The van der Waals surface area contributed by atoms with E-state index in [1.165, 1.54) is 19.2 Å². The van der Waals surface area contributed by atoms with Gasteiger partial charge in [0.25, 0.3) is 0 Å². The highest BCUT2D eigenvalue weighted by Gasteiger charge is 2.25. The molecule has 1 atom stereocenters. The van der Waals surface area contributed by atoms with Crippen LogP contribution in [0.2, 0.25) is 0 Å². The zero-order chi connectivity index (χ0) is 20.4. The molecule has 1 fully saturated rings. The Morgan fingerprint density at radius 2 is 2.03 bits per heavy atom. The third-order valence-corrected chi connectivity index (χ3v) is 4.83. The summed E-state index contributed by atoms with van der Waals surface area (Å²) in [6.07, 6.45) is 5.17. The summed E-state index contributed by atoms with van der Waals surface area (Å²) in [6.45, 7) is 2.13. The van der Waals surface area contributed by atoms with Crippen LogP contribution in [0.1, 0.15) is 38.5 Å². The van der Waals surface area contributed by atoms with Crippen LogP contribution < -0.4 is 15.5 Å². The topological polar surface area (TPSA) is 66.0 Å². The van der Waals surface area contributed by atoms with E-state index in [0.29, 0.717) is 25.2 Å². The van der Waals surface area contributed by atoms with Gasteiger partial charge in [0.2, 0.25) is 0 Å². The van der Waals surface area contributed by atoms with Gasteiger partial charge in [-0.05, 0) is 31.4 Å². The average Bonchev–Trinajstić information content (AvgIpc) is 3.14. The molecule has 1 heterocycles. The number of nitrogens with one attached hydrogen (secondary N) is 2. The molecule has 0 bridgehead atoms. The van der Waals surface area contributed by atoms with E-state index in [1.807, 2.05) is 4.90 Å². The van der Waals surface area contributed by atoms with Gasteiger partial charge in [0.05, 0.1) is 12.8 Å². The molecule has 2 rings (SSSR count). The number of rotatable bonds is 9. The van der Waals surface area contributed by atoms with Crippen molar-refractivity contribution in [2.45, 2.75) is 44.6 Å². The number of methoxy groups -OCH3 is 1. The fourth-order valence-corrected chi connectivity index (χ4v) is 3.28. The number of benzene rings is 1. The Bertz CT molecular complexity index is 676. The highest BCUT2D eigenvalue weighted by molar-refractivity contribution is 14.0. The zero-order valence-electron chi connectivity index (χ0n) is 17.0. The number of nitrogens with zero attached hydrogens (tertiary/aromatic N) is 2. The molecule has 2 N–H and O–H groups in total. The zero-order valence-corrected chi connectivity index (χ0v) is 19.4. The first kappa shape index (κ1) is 25.4. The van der Waals surface area contributed by atoms with E-state index >= 15 is 0 Å². The van der Waals surface area contributed by atoms with Gasteiger partial charge in [0, 0.05) is 45.2 Å². The molecule has 6 nitrogen and oxygen atoms in total. The second kappa shape index (κ2) is 13.6. The normalized spacial score (nSPS) is 16.3. The van der Waals surface area contributed by atoms with Crippen molar-refractivity contribution in [2.24, 2.45) is 4.99 Å². The van der Waals surface area contributed by atoms with Gasteiger partial charge in [0.1, 0.15) is 11.6 Å². The third kappa shape index (κ3) is 8.71. The quantitative estimate of drug-likeness (QED) is 0.170. The minimum atomic E-state index is -0.565. The van der Waals surface area contributed by atoms with Crippen molar-refractivity contribution >= 4 is 41.6 Å². The molecule has 1 aliphatic heterocycles. The standard InChI is InChI=1S/C20H30F2N4O2.HI/c1-23-20(24-11-6-4-3-5-7-19(27)28-2)25-16-10-12-26(14-16)18-9-8-15(21)13-17(18)22;/h8-9,13,16H,3-7,10-12,14H2,1-2H3,(H2,23,24,25);1H. The Hall–Kier alpha value is -1.65. The lowest BCUT2D eigenvalue weighted by Gasteiger charge is -2.21. The van der Waals surface area contributed by atoms with E-state index < -0.39 is 11.6 Å². The first-order valence-corrected chi connectivity index (χ1v) is 9.77. The number of halogens is 3. The van der Waals surface area contributed by atoms with Gasteiger partial charge in [-0.3, -0.25) is 9.79 Å². The lowest BCUT2D eigenvalue weighted by molar-refractivity contribution is -0.140. The van der Waals surface area contributed by atoms with Crippen LogP contribution >= 0.6 is 24.0 Å². The second-order valence-electron chi connectivity index (χ2n) is 6.91. The van der Waals surface area contributed by atoms with Gasteiger partial charge < -0.3 is 20.3 Å². The summed E-state index contributed by atoms with van der Waals surface area (Å²) in [6, 6.07) is 3.84. The molecule has 29 heavy (non-hydrogen) atoms. The van der Waals surface area contributed by atoms with Gasteiger partial charge in [-0.15, -0.1) is 24.0 Å². The molecule has 0 aliphatic carbocycles. The monoisotopic (exact) mass is 524 g/mol. The number of guanidine groups is 1. The van der Waals surface area contributed by atoms with Crippen molar-refractivity contribution in [3.8, 4) is 0 Å². The number of anilines is 1. The van der Waals surface area contributed by atoms with Crippen LogP contribution in [-0.4, -0.2) is 51.8 Å². The van der Waals surface area contributed by atoms with Gasteiger partial charge in [-0.2, -0.15) is 0 Å². The fraction of sp³-hybridized carbons (Fsp3) is 0.600. The summed E-state index contributed by atoms with van der Waals surface area (Å²) < 4.78 is 31.7. The molecule has 0 spiro atoms. The predicted molar refractivity (Wildman–Crippen MR) is 122 cm³/mol. The second-order valence-corrected chi connectivity index (χ2v) is 6.91. The maximum Gasteiger partial charge on any atom is 0.305 e. The van der Waals surface area contributed by atoms with Gasteiger partial charge in [-0.1, -0.05) is 12.8 Å². The molecular formula is C20H31F2IN4O2. The highest BCUT2D eigenvalue weighted by Crippen LogP contribution is 2.24. The van der Waals surface area contributed by atoms with Crippen LogP contribution in [0.5, 0.6) is 0 Å². The molecule has 1 aromatic carbocycles. The number of aliphatic imine (C=N–C) groups is 1. The van der Waals surface area contributed by atoms with E-state index in [2.05, 4.69) is 20.4 Å². The number of hydrogen-bond acceptors (Lipinski definition) is 4. The molecule has 0 radical (unpaired) electrons. The van der Waals surface area contributed by atoms with Gasteiger partial charge in [0.15, 0.2) is 5.96 Å². The Morgan fingerprint density at radius 3 is 2.72 bits per heavy atom. The summed E-state index contributed by atoms with van der Waals surface area (Å²) in [5.41, 5.74) is 0.431. The van der Waals surface area contributed by atoms with E-state index in [0.717, 1.165) is 50.7 Å². The Balaban J connectivity index is 0.00000420. The summed E-state index contributed by atoms with van der Waals surface area (Å²) in [4.78, 5) is 17.2. The SMILES string of the molecule is CN=C(NCCCCCCC(=O)OC)NC1CCN(c2ccc(F)cc2F)C1.I. The molecule has 0 aromatic heterocycles. The van der Waals surface area contributed by atoms with Crippen LogP contribution in [0.25, 0.3) is 0 Å². The van der Waals surface area contributed by atoms with E-state index in [9.17, 15) is 13.6 Å². The molecule has 1 unspecified atom stereocenters. The van der Waals surface area contributed by atoms with Crippen molar-refractivity contribution in [3.05, 3.63) is 29.8 Å². The van der Waals surface area contributed by atoms with E-state index in [-0.39, 0.29) is 36.0 Å². The van der Waals surface area contributed by atoms with E-state index in [1.54, 1.807) is 7.05 Å². The molecular weight excluding hydrogens is 493 g/mol. The number of hydrogen-bond donors (Lipinski definition) is 2. The summed E-state index contributed by atoms with van der Waals surface area (Å²) >= 11 is 0. The third-order valence-electron chi connectivity index (χ3n) is 4.83. The Kier molecular flexibility index (Phi) is 11.9. The van der Waals surface area contributed by atoms with Crippen molar-refractivity contribution in [1.82, 2.24) is 10.6 Å². The first-order valence-electron chi connectivity index (χ1n) is 9.77. The number of carbonyl (C=O) groups excluding carboxylic acids is 1. The Morgan fingerprint density at radius 1 is 1.28 bits per heavy atom. The van der Waals surface area contributed by atoms with Crippen molar-refractivity contribution in [1.29, 1.82) is 0 Å². The average molecular weight is 524 g/mol. The van der Waals surface area contributed by atoms with Crippen LogP contribution in [0.15, 0.2) is 23.2 Å². The summed E-state index contributed by atoms with van der Waals surface area (Å²) in [5.74, 6) is -0.532. The van der Waals surface area contributed by atoms with Crippen LogP contribution in [-0.2, 0) is 9.53 Å². The van der Waals surface area contributed by atoms with Crippen LogP contribution in [0.4, 0.5) is 14.5 Å². The number of esters is 1. The molecule has 1 saturated heterocycles. The smallest absolute Gasteiger partial charge is 0.305 e. The van der Waals surface area contributed by atoms with Crippen molar-refractivity contribution in [3.63, 3.8) is 0 Å². The minimum absolute atomic E-state index is 0. The summed E-state index contributed by atoms with van der Waals surface area (Å²) in [7, 11) is 3.13. The van der Waals surface area contributed by atoms with Gasteiger partial charge >= 0.3 is 5.97 Å². The van der Waals surface area contributed by atoms with Crippen molar-refractivity contribution < 1.29 is 18.3 Å². The number of unbranched alkanes of at least 4 members (excludes halogenated alkanes) is 3. The lowest BCUT2D eigenvalue weighted by atomic mass is 10.1. The van der Waals surface area contributed by atoms with E-state index in [4.69, 9.17) is 0 Å². The van der Waals surface area contributed by atoms with Crippen LogP contribution in [0.3, 0.4) is 0 Å². The maximum absolute atomic E-state index is 14.0. The number of ether oxygens (including phenoxy) is 1. The molecule has 1 aromatic rings. The van der Waals surface area contributed by atoms with Crippen molar-refractivity contribution in [2.75, 3.05) is 38.7 Å². The molecule has 164 valence electrons. The summed E-state index contributed by atoms with van der Waals surface area (Å²) in [5, 5.41) is 6.65. The fourth-order valence-electron chi connectivity index (χ4n) is 3.28. The number of carbonyl (C=O) groups is 1. The molecule has 9 heteroatoms. The highest BCUT2D eigenvalue weighted by atomic mass is 127. The first-order chi connectivity index (χ1) is 13.5. The molecule has 0 saturated carbocycles. The predicted octanol–water partition coefficient (Wildman–Crippen LogP) is 3.45. The molecule has 0 amide bonds. The maximum atomic E-state index is 14.0. The lowest BCUT2D eigenvalue weighted by Crippen LogP contribution is -2.44. The van der Waals surface area contributed by atoms with Gasteiger partial charge in [-0.25, -0.2) is 8.78 Å².